The Kier molecular flexibility index (Phi) is 4.53. The summed E-state index contributed by atoms with van der Waals surface area (Å²) in [5, 5.41) is 16.5. The Hall–Kier alpha value is -3.67. The van der Waals surface area contributed by atoms with Crippen LogP contribution in [-0.4, -0.2) is 14.7 Å². The molecule has 0 N–H and O–H groups in total. The van der Waals surface area contributed by atoms with E-state index in [0.29, 0.717) is 24.5 Å². The summed E-state index contributed by atoms with van der Waals surface area (Å²) in [7, 11) is 0. The highest BCUT2D eigenvalue weighted by atomic mass is 16.6. The van der Waals surface area contributed by atoms with Gasteiger partial charge in [-0.2, -0.15) is 0 Å². The first-order chi connectivity index (χ1) is 13.2. The van der Waals surface area contributed by atoms with Crippen LogP contribution in [0.5, 0.6) is 5.88 Å². The van der Waals surface area contributed by atoms with Crippen LogP contribution >= 0.6 is 0 Å². The third kappa shape index (κ3) is 3.64. The number of nitrogens with zero attached hydrogens (tertiary/aromatic N) is 3. The van der Waals surface area contributed by atoms with E-state index in [-0.39, 0.29) is 5.69 Å². The summed E-state index contributed by atoms with van der Waals surface area (Å²) in [6.07, 6.45) is 0. The molecule has 0 fully saturated rings. The highest BCUT2D eigenvalue weighted by molar-refractivity contribution is 5.86. The summed E-state index contributed by atoms with van der Waals surface area (Å²) in [6, 6.07) is 24.4. The molecule has 4 aromatic rings. The number of nitro groups is 1. The third-order valence-corrected chi connectivity index (χ3v) is 4.31. The zero-order chi connectivity index (χ0) is 18.6. The van der Waals surface area contributed by atoms with Crippen LogP contribution in [0.15, 0.2) is 78.9 Å². The van der Waals surface area contributed by atoms with Gasteiger partial charge in [-0.3, -0.25) is 14.8 Å². The van der Waals surface area contributed by atoms with Gasteiger partial charge in [0.1, 0.15) is 6.61 Å². The van der Waals surface area contributed by atoms with Crippen molar-refractivity contribution in [2.45, 2.75) is 13.2 Å². The lowest BCUT2D eigenvalue weighted by molar-refractivity contribution is -0.384. The first-order valence-corrected chi connectivity index (χ1v) is 8.56. The van der Waals surface area contributed by atoms with Gasteiger partial charge in [0.25, 0.3) is 5.69 Å². The molecule has 0 amide bonds. The molecule has 0 radical (unpaired) electrons. The highest BCUT2D eigenvalue weighted by Crippen LogP contribution is 2.29. The molecular weight excluding hydrogens is 342 g/mol. The van der Waals surface area contributed by atoms with Gasteiger partial charge in [0.15, 0.2) is 0 Å². The van der Waals surface area contributed by atoms with Crippen molar-refractivity contribution >= 4 is 16.6 Å². The number of non-ortho nitro benzene ring substituents is 1. The lowest BCUT2D eigenvalue weighted by Gasteiger charge is -2.04. The quantitative estimate of drug-likeness (QED) is 0.373. The Morgan fingerprint density at radius 3 is 2.26 bits per heavy atom. The second kappa shape index (κ2) is 7.29. The zero-order valence-electron chi connectivity index (χ0n) is 14.5. The third-order valence-electron chi connectivity index (χ3n) is 4.31. The fraction of sp³-hybridized carbons (Fsp3) is 0.0952. The molecule has 4 rings (SSSR count). The van der Waals surface area contributed by atoms with Crippen LogP contribution in [0.1, 0.15) is 11.1 Å². The average molecular weight is 359 g/mol. The molecular formula is C21H17N3O3. The molecule has 6 nitrogen and oxygen atoms in total. The minimum atomic E-state index is -0.399. The first-order valence-electron chi connectivity index (χ1n) is 8.56. The van der Waals surface area contributed by atoms with Crippen LogP contribution in [-0.2, 0) is 13.2 Å². The molecule has 0 saturated carbocycles. The van der Waals surface area contributed by atoms with E-state index in [0.717, 1.165) is 16.5 Å². The monoisotopic (exact) mass is 359 g/mol. The lowest BCUT2D eigenvalue weighted by Crippen LogP contribution is -2.02. The van der Waals surface area contributed by atoms with Crippen LogP contribution in [0, 0.1) is 10.1 Å². The molecule has 27 heavy (non-hydrogen) atoms. The van der Waals surface area contributed by atoms with Gasteiger partial charge in [0, 0.05) is 12.1 Å². The van der Waals surface area contributed by atoms with Gasteiger partial charge in [-0.25, -0.2) is 0 Å². The van der Waals surface area contributed by atoms with Gasteiger partial charge in [0.05, 0.1) is 22.4 Å². The van der Waals surface area contributed by atoms with E-state index >= 15 is 0 Å². The maximum absolute atomic E-state index is 11.2. The smallest absolute Gasteiger partial charge is 0.271 e. The molecule has 134 valence electrons. The summed E-state index contributed by atoms with van der Waals surface area (Å²) in [4.78, 5) is 10.8. The average Bonchev–Trinajstić information content (AvgIpc) is 3.05. The van der Waals surface area contributed by atoms with E-state index in [9.17, 15) is 10.1 Å². The van der Waals surface area contributed by atoms with Crippen LogP contribution in [0.25, 0.3) is 10.9 Å². The second-order valence-electron chi connectivity index (χ2n) is 6.18. The standard InChI is InChI=1S/C21H17N3O3/c25-24(26)18-11-12-19-20(13-18)23(14-16-7-3-1-4-8-16)22-21(19)27-15-17-9-5-2-6-10-17/h1-13H,14-15H2. The van der Waals surface area contributed by atoms with Crippen molar-refractivity contribution in [3.05, 3.63) is 100 Å². The van der Waals surface area contributed by atoms with Gasteiger partial charge < -0.3 is 4.74 Å². The predicted molar refractivity (Wildman–Crippen MR) is 103 cm³/mol. The van der Waals surface area contributed by atoms with Crippen LogP contribution in [0.2, 0.25) is 0 Å². The molecule has 0 atom stereocenters. The molecule has 0 aliphatic rings. The van der Waals surface area contributed by atoms with Crippen molar-refractivity contribution in [3.8, 4) is 5.88 Å². The van der Waals surface area contributed by atoms with Crippen molar-refractivity contribution in [2.24, 2.45) is 0 Å². The van der Waals surface area contributed by atoms with E-state index < -0.39 is 4.92 Å². The summed E-state index contributed by atoms with van der Waals surface area (Å²) in [6.45, 7) is 0.891. The molecule has 6 heteroatoms. The number of hydrogen-bond acceptors (Lipinski definition) is 4. The molecule has 0 aliphatic heterocycles. The van der Waals surface area contributed by atoms with Crippen molar-refractivity contribution in [1.82, 2.24) is 9.78 Å². The SMILES string of the molecule is O=[N+]([O-])c1ccc2c(OCc3ccccc3)nn(Cc3ccccc3)c2c1. The molecule has 0 aliphatic carbocycles. The molecule has 0 spiro atoms. The van der Waals surface area contributed by atoms with E-state index in [4.69, 9.17) is 4.74 Å². The van der Waals surface area contributed by atoms with Gasteiger partial charge in [0.2, 0.25) is 5.88 Å². The molecule has 1 heterocycles. The minimum absolute atomic E-state index is 0.0336. The number of hydrogen-bond donors (Lipinski definition) is 0. The summed E-state index contributed by atoms with van der Waals surface area (Å²) in [5.41, 5.74) is 2.80. The molecule has 1 aromatic heterocycles. The maximum Gasteiger partial charge on any atom is 0.271 e. The molecule has 0 bridgehead atoms. The fourth-order valence-corrected chi connectivity index (χ4v) is 2.95. The number of fused-ring (bicyclic) bond motifs is 1. The number of ether oxygens (including phenoxy) is 1. The first kappa shape index (κ1) is 16.8. The Morgan fingerprint density at radius 2 is 1.59 bits per heavy atom. The molecule has 0 saturated heterocycles. The van der Waals surface area contributed by atoms with Crippen molar-refractivity contribution < 1.29 is 9.66 Å². The summed E-state index contributed by atoms with van der Waals surface area (Å²) in [5.74, 6) is 0.472. The number of rotatable bonds is 6. The Labute approximate surface area is 155 Å². The summed E-state index contributed by atoms with van der Waals surface area (Å²) >= 11 is 0. The highest BCUT2D eigenvalue weighted by Gasteiger charge is 2.16. The number of benzene rings is 3. The Balaban J connectivity index is 1.71. The van der Waals surface area contributed by atoms with Crippen LogP contribution in [0.3, 0.4) is 0 Å². The van der Waals surface area contributed by atoms with E-state index in [1.54, 1.807) is 16.8 Å². The summed E-state index contributed by atoms with van der Waals surface area (Å²) < 4.78 is 7.67. The largest absolute Gasteiger partial charge is 0.471 e. The van der Waals surface area contributed by atoms with E-state index in [2.05, 4.69) is 5.10 Å². The molecule has 0 unspecified atom stereocenters. The topological polar surface area (TPSA) is 70.2 Å². The van der Waals surface area contributed by atoms with Crippen molar-refractivity contribution in [1.29, 1.82) is 0 Å². The second-order valence-corrected chi connectivity index (χ2v) is 6.18. The molecule has 3 aromatic carbocycles. The normalized spacial score (nSPS) is 10.8. The van der Waals surface area contributed by atoms with Gasteiger partial charge >= 0.3 is 0 Å². The lowest BCUT2D eigenvalue weighted by atomic mass is 10.2. The van der Waals surface area contributed by atoms with Crippen molar-refractivity contribution in [3.63, 3.8) is 0 Å². The Morgan fingerprint density at radius 1 is 0.926 bits per heavy atom. The maximum atomic E-state index is 11.2. The Bertz CT molecular complexity index is 1080. The van der Waals surface area contributed by atoms with Gasteiger partial charge in [-0.15, -0.1) is 5.10 Å². The van der Waals surface area contributed by atoms with Crippen LogP contribution < -0.4 is 4.74 Å². The minimum Gasteiger partial charge on any atom is -0.471 e. The van der Waals surface area contributed by atoms with Gasteiger partial charge in [-0.1, -0.05) is 60.7 Å². The fourth-order valence-electron chi connectivity index (χ4n) is 2.95. The number of aromatic nitrogens is 2. The zero-order valence-corrected chi connectivity index (χ0v) is 14.5. The van der Waals surface area contributed by atoms with E-state index in [1.807, 2.05) is 60.7 Å². The van der Waals surface area contributed by atoms with E-state index in [1.165, 1.54) is 6.07 Å². The van der Waals surface area contributed by atoms with Crippen molar-refractivity contribution in [2.75, 3.05) is 0 Å². The van der Waals surface area contributed by atoms with Gasteiger partial charge in [-0.05, 0) is 17.2 Å². The van der Waals surface area contributed by atoms with Crippen LogP contribution in [0.4, 0.5) is 5.69 Å². The number of nitro benzene ring substituents is 1. The predicted octanol–water partition coefficient (Wildman–Crippen LogP) is 4.57.